The van der Waals surface area contributed by atoms with Crippen LogP contribution >= 0.6 is 0 Å². The molecule has 1 saturated heterocycles. The van der Waals surface area contributed by atoms with Crippen molar-refractivity contribution in [2.75, 3.05) is 18.9 Å². The van der Waals surface area contributed by atoms with Crippen molar-refractivity contribution in [2.24, 2.45) is 5.92 Å². The van der Waals surface area contributed by atoms with Gasteiger partial charge in [-0.1, -0.05) is 0 Å². The van der Waals surface area contributed by atoms with E-state index in [0.717, 1.165) is 0 Å². The van der Waals surface area contributed by atoms with Gasteiger partial charge >= 0.3 is 0 Å². The lowest BCUT2D eigenvalue weighted by Crippen LogP contribution is -2.54. The fourth-order valence-electron chi connectivity index (χ4n) is 2.47. The number of fused-ring (bicyclic) bond motifs is 1. The van der Waals surface area contributed by atoms with Crippen LogP contribution in [0.15, 0.2) is 11.1 Å². The van der Waals surface area contributed by atoms with Gasteiger partial charge in [-0.2, -0.15) is 4.98 Å². The zero-order valence-corrected chi connectivity index (χ0v) is 10.6. The molecule has 3 heterocycles. The summed E-state index contributed by atoms with van der Waals surface area (Å²) in [6, 6.07) is 0. The maximum absolute atomic E-state index is 11.6. The molecule has 9 nitrogen and oxygen atoms in total. The summed E-state index contributed by atoms with van der Waals surface area (Å²) in [5, 5.41) is 18.3. The average molecular weight is 281 g/mol. The van der Waals surface area contributed by atoms with Gasteiger partial charge in [0.05, 0.1) is 38.3 Å². The van der Waals surface area contributed by atoms with Crippen molar-refractivity contribution < 1.29 is 14.9 Å². The summed E-state index contributed by atoms with van der Waals surface area (Å²) in [6.45, 7) is 0.185. The zero-order valence-electron chi connectivity index (χ0n) is 10.6. The number of hydrogen-bond donors (Lipinski definition) is 4. The van der Waals surface area contributed by atoms with Crippen LogP contribution in [0.1, 0.15) is 0 Å². The van der Waals surface area contributed by atoms with Crippen LogP contribution in [0.2, 0.25) is 0 Å². The molecule has 0 aromatic carbocycles. The monoisotopic (exact) mass is 281 g/mol. The minimum Gasteiger partial charge on any atom is -0.396 e. The lowest BCUT2D eigenvalue weighted by Gasteiger charge is -2.43. The molecule has 108 valence electrons. The molecule has 0 radical (unpaired) electrons. The van der Waals surface area contributed by atoms with Gasteiger partial charge in [0.2, 0.25) is 5.95 Å². The summed E-state index contributed by atoms with van der Waals surface area (Å²) in [7, 11) is 0. The van der Waals surface area contributed by atoms with Gasteiger partial charge in [0.1, 0.15) is 0 Å². The molecule has 0 spiro atoms. The lowest BCUT2D eigenvalue weighted by atomic mass is 9.90. The smallest absolute Gasteiger partial charge is 0.280 e. The molecule has 1 aliphatic heterocycles. The summed E-state index contributed by atoms with van der Waals surface area (Å²) in [4.78, 5) is 22.1. The third-order valence-electron chi connectivity index (χ3n) is 3.57. The predicted molar refractivity (Wildman–Crippen MR) is 68.9 cm³/mol. The number of ether oxygens (including phenoxy) is 1. The number of nitrogens with one attached hydrogen (secondary N) is 1. The number of aliphatic hydroxyl groups is 2. The molecule has 0 aliphatic carbocycles. The molecule has 3 rings (SSSR count). The number of nitrogens with zero attached hydrogens (tertiary/aromatic N) is 3. The van der Waals surface area contributed by atoms with Gasteiger partial charge in [-0.15, -0.1) is 0 Å². The van der Waals surface area contributed by atoms with Gasteiger partial charge in [-0.25, -0.2) is 4.98 Å². The Kier molecular flexibility index (Phi) is 3.16. The lowest BCUT2D eigenvalue weighted by molar-refractivity contribution is -0.213. The summed E-state index contributed by atoms with van der Waals surface area (Å²) in [6.07, 6.45) is 0.884. The first-order chi connectivity index (χ1) is 9.63. The van der Waals surface area contributed by atoms with Gasteiger partial charge < -0.3 is 25.3 Å². The van der Waals surface area contributed by atoms with E-state index in [1.807, 2.05) is 0 Å². The van der Waals surface area contributed by atoms with E-state index in [1.54, 1.807) is 4.57 Å². The molecule has 0 saturated carbocycles. The Balaban J connectivity index is 1.87. The molecule has 2 aromatic heterocycles. The van der Waals surface area contributed by atoms with Crippen LogP contribution in [-0.4, -0.2) is 55.2 Å². The third-order valence-corrected chi connectivity index (χ3v) is 3.57. The Hall–Kier alpha value is -1.97. The molecule has 2 aromatic rings. The van der Waals surface area contributed by atoms with Gasteiger partial charge in [-0.3, -0.25) is 9.78 Å². The number of anilines is 1. The molecule has 1 fully saturated rings. The number of nitrogens with two attached hydrogens (primary N) is 1. The summed E-state index contributed by atoms with van der Waals surface area (Å²) >= 11 is 0. The van der Waals surface area contributed by atoms with Gasteiger partial charge in [-0.05, 0) is 0 Å². The number of H-pyrrole nitrogens is 1. The van der Waals surface area contributed by atoms with Crippen molar-refractivity contribution in [3.05, 3.63) is 16.7 Å². The van der Waals surface area contributed by atoms with E-state index < -0.39 is 5.56 Å². The standard InChI is InChI=1S/C11H15N5O4/c12-11-14-9-8(10(19)15-11)13-4-16(9)1-6-5(2-17)7(3-18)20-6/h4-7,17-18H,1-3H2,(H3,12,14,15,19)/t5-,6-,7+/m0/s1. The maximum Gasteiger partial charge on any atom is 0.280 e. The Labute approximate surface area is 113 Å². The number of imidazole rings is 1. The Morgan fingerprint density at radius 2 is 2.20 bits per heavy atom. The summed E-state index contributed by atoms with van der Waals surface area (Å²) in [5.74, 6) is -0.123. The molecule has 20 heavy (non-hydrogen) atoms. The van der Waals surface area contributed by atoms with Crippen LogP contribution in [0.25, 0.3) is 11.2 Å². The molecule has 3 atom stereocenters. The van der Waals surface area contributed by atoms with E-state index in [1.165, 1.54) is 6.33 Å². The van der Waals surface area contributed by atoms with Crippen LogP contribution < -0.4 is 11.3 Å². The van der Waals surface area contributed by atoms with E-state index in [0.29, 0.717) is 12.2 Å². The normalized spacial score (nSPS) is 25.8. The van der Waals surface area contributed by atoms with Crippen molar-refractivity contribution in [1.29, 1.82) is 0 Å². The van der Waals surface area contributed by atoms with E-state index in [2.05, 4.69) is 15.0 Å². The second-order valence-corrected chi connectivity index (χ2v) is 4.76. The van der Waals surface area contributed by atoms with Crippen LogP contribution in [-0.2, 0) is 11.3 Å². The molecule has 0 bridgehead atoms. The topological polar surface area (TPSA) is 139 Å². The highest BCUT2D eigenvalue weighted by atomic mass is 16.5. The van der Waals surface area contributed by atoms with E-state index in [9.17, 15) is 9.90 Å². The molecule has 5 N–H and O–H groups in total. The van der Waals surface area contributed by atoms with E-state index in [-0.39, 0.29) is 42.8 Å². The summed E-state index contributed by atoms with van der Waals surface area (Å²) < 4.78 is 7.13. The first kappa shape index (κ1) is 13.0. The highest BCUT2D eigenvalue weighted by Crippen LogP contribution is 2.29. The first-order valence-electron chi connectivity index (χ1n) is 6.22. The number of rotatable bonds is 4. The number of nitrogen functional groups attached to an aromatic ring is 1. The van der Waals surface area contributed by atoms with Gasteiger partial charge in [0.15, 0.2) is 11.2 Å². The van der Waals surface area contributed by atoms with Gasteiger partial charge in [0, 0.05) is 5.92 Å². The van der Waals surface area contributed by atoms with Crippen molar-refractivity contribution in [3.8, 4) is 0 Å². The number of hydrogen-bond acceptors (Lipinski definition) is 7. The molecule has 9 heteroatoms. The SMILES string of the molecule is Nc1nc2c(ncn2C[C@@H]2O[C@H](CO)[C@H]2CO)c(=O)[nH]1. The van der Waals surface area contributed by atoms with Crippen molar-refractivity contribution in [2.45, 2.75) is 18.8 Å². The second kappa shape index (κ2) is 4.85. The quantitative estimate of drug-likeness (QED) is 0.511. The zero-order chi connectivity index (χ0) is 14.3. The Morgan fingerprint density at radius 1 is 1.40 bits per heavy atom. The molecule has 1 aliphatic rings. The fourth-order valence-corrected chi connectivity index (χ4v) is 2.47. The second-order valence-electron chi connectivity index (χ2n) is 4.76. The number of aromatic nitrogens is 4. The molecular formula is C11H15N5O4. The summed E-state index contributed by atoms with van der Waals surface area (Å²) in [5.41, 5.74) is 5.70. The maximum atomic E-state index is 11.6. The number of aromatic amines is 1. The van der Waals surface area contributed by atoms with Crippen LogP contribution in [0.4, 0.5) is 5.95 Å². The molecule has 0 unspecified atom stereocenters. The van der Waals surface area contributed by atoms with Crippen molar-refractivity contribution in [3.63, 3.8) is 0 Å². The molecule has 0 amide bonds. The first-order valence-corrected chi connectivity index (χ1v) is 6.22. The van der Waals surface area contributed by atoms with Crippen molar-refractivity contribution >= 4 is 17.1 Å². The Bertz CT molecular complexity index is 681. The van der Waals surface area contributed by atoms with E-state index >= 15 is 0 Å². The fraction of sp³-hybridized carbons (Fsp3) is 0.545. The van der Waals surface area contributed by atoms with Crippen LogP contribution in [0.3, 0.4) is 0 Å². The largest absolute Gasteiger partial charge is 0.396 e. The molecular weight excluding hydrogens is 266 g/mol. The highest BCUT2D eigenvalue weighted by molar-refractivity contribution is 5.70. The van der Waals surface area contributed by atoms with Crippen LogP contribution in [0.5, 0.6) is 0 Å². The highest BCUT2D eigenvalue weighted by Gasteiger charge is 2.41. The van der Waals surface area contributed by atoms with E-state index in [4.69, 9.17) is 15.6 Å². The average Bonchev–Trinajstić information content (AvgIpc) is 2.77. The van der Waals surface area contributed by atoms with Crippen molar-refractivity contribution in [1.82, 2.24) is 19.5 Å². The van der Waals surface area contributed by atoms with Gasteiger partial charge in [0.25, 0.3) is 5.56 Å². The number of aliphatic hydroxyl groups excluding tert-OH is 2. The Morgan fingerprint density at radius 3 is 2.90 bits per heavy atom. The van der Waals surface area contributed by atoms with Crippen LogP contribution in [0, 0.1) is 5.92 Å². The minimum atomic E-state index is -0.396. The third kappa shape index (κ3) is 1.96. The predicted octanol–water partition coefficient (Wildman–Crippen LogP) is -1.93. The minimum absolute atomic E-state index is 0.0192.